The minimum Gasteiger partial charge on any atom is -0.323 e. The topological polar surface area (TPSA) is 49.4 Å². The molecule has 122 valence electrons. The number of amides is 3. The molecule has 4 heteroatoms. The second-order valence-corrected chi connectivity index (χ2v) is 6.84. The van der Waals surface area contributed by atoms with E-state index in [4.69, 9.17) is 0 Å². The number of nitrogens with one attached hydrogen (secondary N) is 1. The lowest BCUT2D eigenvalue weighted by molar-refractivity contribution is -0.132. The number of carbonyl (C=O) groups excluding carboxylic acids is 2. The lowest BCUT2D eigenvalue weighted by Gasteiger charge is -2.32. The van der Waals surface area contributed by atoms with Gasteiger partial charge in [-0.2, -0.15) is 0 Å². The summed E-state index contributed by atoms with van der Waals surface area (Å²) in [7, 11) is 0. The summed E-state index contributed by atoms with van der Waals surface area (Å²) in [4.78, 5) is 26.9. The van der Waals surface area contributed by atoms with Gasteiger partial charge >= 0.3 is 6.03 Å². The zero-order valence-electron chi connectivity index (χ0n) is 13.7. The molecule has 1 spiro atoms. The maximum Gasteiger partial charge on any atom is 0.325 e. The molecule has 1 unspecified atom stereocenters. The summed E-state index contributed by atoms with van der Waals surface area (Å²) in [6.07, 6.45) is 2.07. The molecule has 1 N–H and O–H groups in total. The molecule has 24 heavy (non-hydrogen) atoms. The third kappa shape index (κ3) is 2.39. The Balaban J connectivity index is 1.60. The molecule has 3 amide bonds. The molecule has 1 fully saturated rings. The van der Waals surface area contributed by atoms with Crippen molar-refractivity contribution in [3.63, 3.8) is 0 Å². The van der Waals surface area contributed by atoms with Gasteiger partial charge in [0.15, 0.2) is 0 Å². The number of carbonyl (C=O) groups is 2. The van der Waals surface area contributed by atoms with Crippen LogP contribution in [0.3, 0.4) is 0 Å². The van der Waals surface area contributed by atoms with E-state index in [-0.39, 0.29) is 11.9 Å². The first kappa shape index (κ1) is 14.9. The Morgan fingerprint density at radius 2 is 1.88 bits per heavy atom. The van der Waals surface area contributed by atoms with Crippen molar-refractivity contribution >= 4 is 11.9 Å². The van der Waals surface area contributed by atoms with Crippen LogP contribution in [-0.2, 0) is 24.2 Å². The first-order valence-corrected chi connectivity index (χ1v) is 8.34. The van der Waals surface area contributed by atoms with Gasteiger partial charge in [-0.25, -0.2) is 4.79 Å². The Morgan fingerprint density at radius 3 is 2.67 bits per heavy atom. The molecule has 1 saturated heterocycles. The van der Waals surface area contributed by atoms with Crippen LogP contribution in [0.4, 0.5) is 4.79 Å². The average molecular weight is 320 g/mol. The Kier molecular flexibility index (Phi) is 3.41. The van der Waals surface area contributed by atoms with E-state index in [1.807, 2.05) is 43.3 Å². The molecule has 1 aliphatic heterocycles. The van der Waals surface area contributed by atoms with Crippen molar-refractivity contribution in [1.29, 1.82) is 0 Å². The summed E-state index contributed by atoms with van der Waals surface area (Å²) >= 11 is 0. The molecule has 0 bridgehead atoms. The number of fused-ring (bicyclic) bond motifs is 1. The van der Waals surface area contributed by atoms with E-state index >= 15 is 0 Å². The van der Waals surface area contributed by atoms with Gasteiger partial charge in [-0.05, 0) is 36.5 Å². The van der Waals surface area contributed by atoms with E-state index in [1.54, 1.807) is 0 Å². The summed E-state index contributed by atoms with van der Waals surface area (Å²) in [6.45, 7) is 2.34. The van der Waals surface area contributed by atoms with E-state index < -0.39 is 5.54 Å². The van der Waals surface area contributed by atoms with Gasteiger partial charge in [-0.3, -0.25) is 9.69 Å². The maximum absolute atomic E-state index is 13.0. The second-order valence-electron chi connectivity index (χ2n) is 6.84. The smallest absolute Gasteiger partial charge is 0.323 e. The molecule has 2 aromatic rings. The molecule has 4 nitrogen and oxygen atoms in total. The zero-order valence-corrected chi connectivity index (χ0v) is 13.7. The Labute approximate surface area is 141 Å². The van der Waals surface area contributed by atoms with Gasteiger partial charge in [0.25, 0.3) is 5.91 Å². The Hall–Kier alpha value is -2.62. The van der Waals surface area contributed by atoms with Gasteiger partial charge in [-0.15, -0.1) is 0 Å². The van der Waals surface area contributed by atoms with Crippen LogP contribution >= 0.6 is 0 Å². The molecule has 1 heterocycles. The van der Waals surface area contributed by atoms with Crippen molar-refractivity contribution in [2.45, 2.75) is 38.3 Å². The largest absolute Gasteiger partial charge is 0.325 e. The second kappa shape index (κ2) is 5.48. The van der Waals surface area contributed by atoms with Gasteiger partial charge in [0.05, 0.1) is 6.54 Å². The lowest BCUT2D eigenvalue weighted by atomic mass is 9.78. The van der Waals surface area contributed by atoms with Crippen molar-refractivity contribution in [1.82, 2.24) is 10.2 Å². The van der Waals surface area contributed by atoms with Gasteiger partial charge in [-0.1, -0.05) is 54.1 Å². The van der Waals surface area contributed by atoms with E-state index in [1.165, 1.54) is 10.5 Å². The monoisotopic (exact) mass is 320 g/mol. The molecule has 1 atom stereocenters. The zero-order chi connectivity index (χ0) is 16.7. The van der Waals surface area contributed by atoms with Crippen LogP contribution in [0, 0.1) is 6.92 Å². The van der Waals surface area contributed by atoms with E-state index in [0.29, 0.717) is 19.4 Å². The highest BCUT2D eigenvalue weighted by Gasteiger charge is 2.52. The summed E-state index contributed by atoms with van der Waals surface area (Å²) in [5.74, 6) is -0.0940. The van der Waals surface area contributed by atoms with Crippen molar-refractivity contribution < 1.29 is 9.59 Å². The number of hydrogen-bond acceptors (Lipinski definition) is 2. The van der Waals surface area contributed by atoms with Crippen molar-refractivity contribution in [2.24, 2.45) is 0 Å². The van der Waals surface area contributed by atoms with Gasteiger partial charge in [0.2, 0.25) is 0 Å². The molecule has 0 saturated carbocycles. The number of nitrogens with zero attached hydrogens (tertiary/aromatic N) is 1. The molecule has 2 aromatic carbocycles. The van der Waals surface area contributed by atoms with E-state index in [0.717, 1.165) is 23.1 Å². The fourth-order valence-corrected chi connectivity index (χ4v) is 3.84. The molecule has 4 rings (SSSR count). The highest BCUT2D eigenvalue weighted by atomic mass is 16.2. The summed E-state index contributed by atoms with van der Waals surface area (Å²) < 4.78 is 0. The number of aryl methyl sites for hydroxylation is 2. The minimum absolute atomic E-state index is 0.0940. The predicted molar refractivity (Wildman–Crippen MR) is 91.5 cm³/mol. The van der Waals surface area contributed by atoms with Crippen molar-refractivity contribution in [2.75, 3.05) is 0 Å². The van der Waals surface area contributed by atoms with Crippen LogP contribution in [0.2, 0.25) is 0 Å². The van der Waals surface area contributed by atoms with Crippen LogP contribution in [0.5, 0.6) is 0 Å². The molecular formula is C20H20N2O2. The van der Waals surface area contributed by atoms with Crippen LogP contribution in [0.1, 0.15) is 28.7 Å². The Morgan fingerprint density at radius 1 is 1.08 bits per heavy atom. The first-order valence-electron chi connectivity index (χ1n) is 8.34. The van der Waals surface area contributed by atoms with Crippen LogP contribution in [0.25, 0.3) is 0 Å². The molecule has 1 aliphatic carbocycles. The highest BCUT2D eigenvalue weighted by Crippen LogP contribution is 2.34. The third-order valence-corrected chi connectivity index (χ3v) is 5.10. The minimum atomic E-state index is -0.769. The standard InChI is InChI=1S/C20H20N2O2/c1-14-5-4-6-15(11-14)13-22-18(23)20(21-19(22)24)10-9-16-7-2-3-8-17(16)12-20/h2-8,11H,9-10,12-13H2,1H3,(H,21,24). The van der Waals surface area contributed by atoms with Crippen molar-refractivity contribution in [3.8, 4) is 0 Å². The Bertz CT molecular complexity index is 830. The summed E-state index contributed by atoms with van der Waals surface area (Å²) in [5, 5.41) is 2.98. The summed E-state index contributed by atoms with van der Waals surface area (Å²) in [5.41, 5.74) is 3.78. The SMILES string of the molecule is Cc1cccc(CN2C(=O)NC3(CCc4ccccc4C3)C2=O)c1. The number of benzene rings is 2. The van der Waals surface area contributed by atoms with E-state index in [9.17, 15) is 9.59 Å². The number of hydrogen-bond donors (Lipinski definition) is 1. The number of imide groups is 1. The molecular weight excluding hydrogens is 300 g/mol. The van der Waals surface area contributed by atoms with Crippen LogP contribution in [-0.4, -0.2) is 22.4 Å². The van der Waals surface area contributed by atoms with Gasteiger partial charge < -0.3 is 5.32 Å². The molecule has 0 aromatic heterocycles. The van der Waals surface area contributed by atoms with Crippen molar-refractivity contribution in [3.05, 3.63) is 70.8 Å². The fourth-order valence-electron chi connectivity index (χ4n) is 3.84. The molecule has 0 radical (unpaired) electrons. The van der Waals surface area contributed by atoms with Gasteiger partial charge in [0.1, 0.15) is 5.54 Å². The highest BCUT2D eigenvalue weighted by molar-refractivity contribution is 6.07. The average Bonchev–Trinajstić information content (AvgIpc) is 2.79. The molecule has 2 aliphatic rings. The number of rotatable bonds is 2. The predicted octanol–water partition coefficient (Wildman–Crippen LogP) is 2.97. The quantitative estimate of drug-likeness (QED) is 0.865. The van der Waals surface area contributed by atoms with Crippen LogP contribution in [0.15, 0.2) is 48.5 Å². The lowest BCUT2D eigenvalue weighted by Crippen LogP contribution is -2.51. The fraction of sp³-hybridized carbons (Fsp3) is 0.300. The maximum atomic E-state index is 13.0. The first-order chi connectivity index (χ1) is 11.6. The van der Waals surface area contributed by atoms with Gasteiger partial charge in [0, 0.05) is 6.42 Å². The third-order valence-electron chi connectivity index (χ3n) is 5.10. The summed E-state index contributed by atoms with van der Waals surface area (Å²) in [6, 6.07) is 15.8. The van der Waals surface area contributed by atoms with Crippen LogP contribution < -0.4 is 5.32 Å². The number of urea groups is 1. The van der Waals surface area contributed by atoms with E-state index in [2.05, 4.69) is 17.4 Å². The normalized spacial score (nSPS) is 22.6.